The molecule has 2 heteroatoms. The normalized spacial score (nSPS) is 10.6. The van der Waals surface area contributed by atoms with Crippen LogP contribution in [0.1, 0.15) is 21.6 Å². The Labute approximate surface area is 103 Å². The third-order valence-electron chi connectivity index (χ3n) is 2.47. The Morgan fingerprint density at radius 1 is 1.20 bits per heavy atom. The fourth-order valence-corrected chi connectivity index (χ4v) is 3.46. The highest BCUT2D eigenvalue weighted by atomic mass is 79.9. The van der Waals surface area contributed by atoms with Crippen LogP contribution in [0.15, 0.2) is 34.1 Å². The Bertz CT molecular complexity index is 471. The van der Waals surface area contributed by atoms with Crippen LogP contribution in [0.2, 0.25) is 0 Å². The third-order valence-corrected chi connectivity index (χ3v) is 4.06. The molecule has 0 saturated carbocycles. The fourth-order valence-electron chi connectivity index (χ4n) is 1.70. The SMILES string of the molecule is Cc1cccc(Cc2cc(Br)sc2C)c1. The van der Waals surface area contributed by atoms with Crippen molar-refractivity contribution < 1.29 is 0 Å². The summed E-state index contributed by atoms with van der Waals surface area (Å²) in [5, 5.41) is 0. The lowest BCUT2D eigenvalue weighted by molar-refractivity contribution is 1.17. The second-order valence-electron chi connectivity index (χ2n) is 3.80. The average Bonchev–Trinajstić information content (AvgIpc) is 2.45. The maximum absolute atomic E-state index is 3.53. The molecule has 0 bridgehead atoms. The van der Waals surface area contributed by atoms with Gasteiger partial charge >= 0.3 is 0 Å². The van der Waals surface area contributed by atoms with Gasteiger partial charge in [-0.05, 0) is 53.4 Å². The molecule has 0 spiro atoms. The van der Waals surface area contributed by atoms with E-state index in [1.165, 1.54) is 25.4 Å². The first kappa shape index (κ1) is 10.9. The van der Waals surface area contributed by atoms with E-state index in [-0.39, 0.29) is 0 Å². The predicted molar refractivity (Wildman–Crippen MR) is 70.7 cm³/mol. The van der Waals surface area contributed by atoms with Crippen molar-refractivity contribution in [3.8, 4) is 0 Å². The molecule has 78 valence electrons. The zero-order chi connectivity index (χ0) is 10.8. The Morgan fingerprint density at radius 3 is 2.60 bits per heavy atom. The highest BCUT2D eigenvalue weighted by Gasteiger charge is 2.04. The molecule has 1 aromatic heterocycles. The molecular weight excluding hydrogens is 268 g/mol. The molecule has 0 aliphatic rings. The number of halogens is 1. The molecule has 0 N–H and O–H groups in total. The van der Waals surface area contributed by atoms with Gasteiger partial charge in [-0.2, -0.15) is 0 Å². The molecule has 2 aromatic rings. The lowest BCUT2D eigenvalue weighted by Crippen LogP contribution is -1.88. The molecule has 1 aromatic carbocycles. The largest absolute Gasteiger partial charge is 0.133 e. The molecule has 2 rings (SSSR count). The first-order valence-electron chi connectivity index (χ1n) is 4.95. The number of aryl methyl sites for hydroxylation is 2. The Morgan fingerprint density at radius 2 is 2.00 bits per heavy atom. The summed E-state index contributed by atoms with van der Waals surface area (Å²) in [5.41, 5.74) is 4.15. The van der Waals surface area contributed by atoms with Crippen molar-refractivity contribution in [2.75, 3.05) is 0 Å². The number of rotatable bonds is 2. The number of thiophene rings is 1. The predicted octanol–water partition coefficient (Wildman–Crippen LogP) is 4.72. The molecule has 1 heterocycles. The van der Waals surface area contributed by atoms with Crippen LogP contribution in [0.25, 0.3) is 0 Å². The highest BCUT2D eigenvalue weighted by Crippen LogP contribution is 2.28. The molecular formula is C13H13BrS. The van der Waals surface area contributed by atoms with Gasteiger partial charge in [0.15, 0.2) is 0 Å². The van der Waals surface area contributed by atoms with Crippen LogP contribution in [0, 0.1) is 13.8 Å². The summed E-state index contributed by atoms with van der Waals surface area (Å²) in [6.07, 6.45) is 1.04. The molecule has 0 aliphatic carbocycles. The lowest BCUT2D eigenvalue weighted by Gasteiger charge is -2.01. The van der Waals surface area contributed by atoms with E-state index in [1.807, 2.05) is 11.3 Å². The monoisotopic (exact) mass is 280 g/mol. The van der Waals surface area contributed by atoms with Crippen molar-refractivity contribution in [1.82, 2.24) is 0 Å². The lowest BCUT2D eigenvalue weighted by atomic mass is 10.0. The topological polar surface area (TPSA) is 0 Å². The fraction of sp³-hybridized carbons (Fsp3) is 0.231. The minimum absolute atomic E-state index is 1.04. The van der Waals surface area contributed by atoms with E-state index < -0.39 is 0 Å². The summed E-state index contributed by atoms with van der Waals surface area (Å²) in [4.78, 5) is 1.41. The van der Waals surface area contributed by atoms with E-state index in [9.17, 15) is 0 Å². The molecule has 0 atom stereocenters. The molecule has 0 fully saturated rings. The molecule has 0 amide bonds. The average molecular weight is 281 g/mol. The smallest absolute Gasteiger partial charge is 0.0704 e. The Balaban J connectivity index is 2.25. The molecule has 0 radical (unpaired) electrons. The minimum Gasteiger partial charge on any atom is -0.133 e. The quantitative estimate of drug-likeness (QED) is 0.747. The van der Waals surface area contributed by atoms with Gasteiger partial charge in [0.25, 0.3) is 0 Å². The van der Waals surface area contributed by atoms with Crippen molar-refractivity contribution >= 4 is 27.3 Å². The van der Waals surface area contributed by atoms with Gasteiger partial charge in [0, 0.05) is 4.88 Å². The van der Waals surface area contributed by atoms with E-state index in [0.29, 0.717) is 0 Å². The van der Waals surface area contributed by atoms with E-state index >= 15 is 0 Å². The molecule has 0 nitrogen and oxygen atoms in total. The zero-order valence-electron chi connectivity index (χ0n) is 8.88. The van der Waals surface area contributed by atoms with E-state index in [4.69, 9.17) is 0 Å². The summed E-state index contributed by atoms with van der Waals surface area (Å²) in [5.74, 6) is 0. The minimum atomic E-state index is 1.04. The third kappa shape index (κ3) is 2.70. The first-order chi connectivity index (χ1) is 7.15. The van der Waals surface area contributed by atoms with Gasteiger partial charge in [-0.15, -0.1) is 11.3 Å². The maximum atomic E-state index is 3.53. The summed E-state index contributed by atoms with van der Waals surface area (Å²) in [7, 11) is 0. The number of hydrogen-bond donors (Lipinski definition) is 0. The molecule has 0 aliphatic heterocycles. The number of hydrogen-bond acceptors (Lipinski definition) is 1. The van der Waals surface area contributed by atoms with Gasteiger partial charge in [-0.3, -0.25) is 0 Å². The van der Waals surface area contributed by atoms with Crippen LogP contribution in [0.4, 0.5) is 0 Å². The molecule has 15 heavy (non-hydrogen) atoms. The van der Waals surface area contributed by atoms with Crippen LogP contribution in [0.3, 0.4) is 0 Å². The second-order valence-corrected chi connectivity index (χ2v) is 6.43. The maximum Gasteiger partial charge on any atom is 0.0704 e. The summed E-state index contributed by atoms with van der Waals surface area (Å²) >= 11 is 5.34. The van der Waals surface area contributed by atoms with Crippen molar-refractivity contribution in [3.05, 3.63) is 55.7 Å². The van der Waals surface area contributed by atoms with Crippen molar-refractivity contribution in [3.63, 3.8) is 0 Å². The Kier molecular flexibility index (Phi) is 3.27. The van der Waals surface area contributed by atoms with Gasteiger partial charge in [0.05, 0.1) is 3.79 Å². The van der Waals surface area contributed by atoms with E-state index in [2.05, 4.69) is 60.1 Å². The molecule has 0 saturated heterocycles. The van der Waals surface area contributed by atoms with Crippen molar-refractivity contribution in [2.24, 2.45) is 0 Å². The van der Waals surface area contributed by atoms with Crippen LogP contribution >= 0.6 is 27.3 Å². The summed E-state index contributed by atoms with van der Waals surface area (Å²) in [6.45, 7) is 4.32. The first-order valence-corrected chi connectivity index (χ1v) is 6.56. The van der Waals surface area contributed by atoms with Crippen LogP contribution < -0.4 is 0 Å². The van der Waals surface area contributed by atoms with E-state index in [1.54, 1.807) is 0 Å². The zero-order valence-corrected chi connectivity index (χ0v) is 11.3. The molecule has 0 unspecified atom stereocenters. The van der Waals surface area contributed by atoms with Crippen LogP contribution in [-0.4, -0.2) is 0 Å². The van der Waals surface area contributed by atoms with Crippen molar-refractivity contribution in [2.45, 2.75) is 20.3 Å². The summed E-state index contributed by atoms with van der Waals surface area (Å²) < 4.78 is 1.22. The van der Waals surface area contributed by atoms with Crippen LogP contribution in [0.5, 0.6) is 0 Å². The van der Waals surface area contributed by atoms with Gasteiger partial charge < -0.3 is 0 Å². The number of benzene rings is 1. The highest BCUT2D eigenvalue weighted by molar-refractivity contribution is 9.11. The van der Waals surface area contributed by atoms with Gasteiger partial charge in [0.1, 0.15) is 0 Å². The standard InChI is InChI=1S/C13H13BrS/c1-9-4-3-5-11(6-9)7-12-8-13(14)15-10(12)2/h3-6,8H,7H2,1-2H3. The van der Waals surface area contributed by atoms with E-state index in [0.717, 1.165) is 6.42 Å². The van der Waals surface area contributed by atoms with Gasteiger partial charge in [0.2, 0.25) is 0 Å². The van der Waals surface area contributed by atoms with Crippen LogP contribution in [-0.2, 0) is 6.42 Å². The van der Waals surface area contributed by atoms with Gasteiger partial charge in [-0.25, -0.2) is 0 Å². The Hall–Kier alpha value is -0.600. The second kappa shape index (κ2) is 4.50. The van der Waals surface area contributed by atoms with Crippen molar-refractivity contribution in [1.29, 1.82) is 0 Å². The summed E-state index contributed by atoms with van der Waals surface area (Å²) in [6, 6.07) is 10.9. The van der Waals surface area contributed by atoms with Gasteiger partial charge in [-0.1, -0.05) is 29.8 Å².